The highest BCUT2D eigenvalue weighted by molar-refractivity contribution is 5.92. The van der Waals surface area contributed by atoms with Crippen molar-refractivity contribution in [3.63, 3.8) is 0 Å². The maximum atomic E-state index is 12.4. The predicted octanol–water partition coefficient (Wildman–Crippen LogP) is 4.23. The smallest absolute Gasteiger partial charge is 0.270 e. The molecular weight excluding hydrogens is 404 g/mol. The number of carbonyl (C=O) groups is 1. The molecule has 4 rings (SSSR count). The fraction of sp³-hybridized carbons (Fsp3) is 0.240. The summed E-state index contributed by atoms with van der Waals surface area (Å²) in [6.45, 7) is 1.71. The van der Waals surface area contributed by atoms with Crippen LogP contribution in [0.1, 0.15) is 29.2 Å². The van der Waals surface area contributed by atoms with Crippen molar-refractivity contribution in [3.05, 3.63) is 84.4 Å². The summed E-state index contributed by atoms with van der Waals surface area (Å²) in [5.74, 6) is 2.09. The molecule has 4 aromatic rings. The second kappa shape index (κ2) is 10.4. The van der Waals surface area contributed by atoms with Gasteiger partial charge >= 0.3 is 0 Å². The Balaban J connectivity index is 1.37. The molecule has 0 radical (unpaired) electrons. The van der Waals surface area contributed by atoms with Gasteiger partial charge in [-0.2, -0.15) is 0 Å². The Kier molecular flexibility index (Phi) is 6.97. The summed E-state index contributed by atoms with van der Waals surface area (Å²) in [7, 11) is 1.64. The lowest BCUT2D eigenvalue weighted by molar-refractivity contribution is 0.0944. The quantitative estimate of drug-likeness (QED) is 0.381. The molecule has 0 atom stereocenters. The van der Waals surface area contributed by atoms with Gasteiger partial charge in [0, 0.05) is 12.7 Å². The van der Waals surface area contributed by atoms with Crippen LogP contribution in [0.25, 0.3) is 11.0 Å². The average molecular weight is 431 g/mol. The minimum atomic E-state index is -0.214. The van der Waals surface area contributed by atoms with Crippen LogP contribution in [0.2, 0.25) is 0 Å². The van der Waals surface area contributed by atoms with Crippen LogP contribution in [-0.4, -0.2) is 34.2 Å². The topological polar surface area (TPSA) is 78.3 Å². The van der Waals surface area contributed by atoms with Gasteiger partial charge in [0.15, 0.2) is 11.5 Å². The monoisotopic (exact) mass is 430 g/mol. The number of hydrogen-bond acceptors (Lipinski definition) is 5. The number of nitrogens with one attached hydrogen (secondary N) is 1. The van der Waals surface area contributed by atoms with Gasteiger partial charge in [0.05, 0.1) is 31.3 Å². The molecule has 1 amide bonds. The fourth-order valence-electron chi connectivity index (χ4n) is 3.55. The number of fused-ring (bicyclic) bond motifs is 1. The number of benzene rings is 2. The van der Waals surface area contributed by atoms with Gasteiger partial charge in [-0.25, -0.2) is 4.98 Å². The Hall–Kier alpha value is -3.87. The van der Waals surface area contributed by atoms with E-state index in [1.54, 1.807) is 31.5 Å². The van der Waals surface area contributed by atoms with Crippen molar-refractivity contribution < 1.29 is 14.3 Å². The van der Waals surface area contributed by atoms with Gasteiger partial charge in [-0.3, -0.25) is 9.78 Å². The van der Waals surface area contributed by atoms with Gasteiger partial charge in [0.25, 0.3) is 5.91 Å². The number of unbranched alkanes of at least 4 members (excludes halogenated alkanes) is 1. The molecule has 0 aliphatic heterocycles. The summed E-state index contributed by atoms with van der Waals surface area (Å²) in [5, 5.41) is 2.93. The first kappa shape index (κ1) is 21.4. The van der Waals surface area contributed by atoms with Crippen molar-refractivity contribution in [3.8, 4) is 11.5 Å². The van der Waals surface area contributed by atoms with E-state index in [4.69, 9.17) is 14.5 Å². The number of pyridine rings is 1. The zero-order chi connectivity index (χ0) is 22.2. The second-order valence-electron chi connectivity index (χ2n) is 7.27. The van der Waals surface area contributed by atoms with E-state index in [9.17, 15) is 4.79 Å². The molecule has 0 bridgehead atoms. The first-order chi connectivity index (χ1) is 15.8. The molecule has 1 N–H and O–H groups in total. The van der Waals surface area contributed by atoms with E-state index in [1.807, 2.05) is 42.5 Å². The Labute approximate surface area is 187 Å². The van der Waals surface area contributed by atoms with Crippen LogP contribution in [0, 0.1) is 0 Å². The molecule has 2 aromatic carbocycles. The number of amides is 1. The predicted molar refractivity (Wildman–Crippen MR) is 123 cm³/mol. The number of aromatic nitrogens is 3. The zero-order valence-electron chi connectivity index (χ0n) is 18.0. The van der Waals surface area contributed by atoms with Gasteiger partial charge in [-0.05, 0) is 49.2 Å². The minimum Gasteiger partial charge on any atom is -0.493 e. The number of ether oxygens (including phenoxy) is 2. The number of hydrogen-bond donors (Lipinski definition) is 1. The molecule has 7 nitrogen and oxygen atoms in total. The van der Waals surface area contributed by atoms with Crippen LogP contribution in [0.4, 0.5) is 0 Å². The molecular formula is C25H26N4O3. The zero-order valence-corrected chi connectivity index (χ0v) is 18.0. The lowest BCUT2D eigenvalue weighted by atomic mass is 10.3. The van der Waals surface area contributed by atoms with Crippen LogP contribution in [0.5, 0.6) is 11.5 Å². The molecule has 2 heterocycles. The van der Waals surface area contributed by atoms with Crippen LogP contribution in [0.3, 0.4) is 0 Å². The van der Waals surface area contributed by atoms with Gasteiger partial charge in [-0.15, -0.1) is 0 Å². The number of carbonyl (C=O) groups excluding carboxylic acids is 1. The SMILES string of the molecule is COc1ccccc1OCCCCn1c(CNC(=O)c2ccccn2)nc2ccccc21. The third kappa shape index (κ3) is 5.06. The highest BCUT2D eigenvalue weighted by Crippen LogP contribution is 2.26. The number of para-hydroxylation sites is 4. The number of aryl methyl sites for hydroxylation is 1. The van der Waals surface area contributed by atoms with E-state index in [0.717, 1.165) is 47.7 Å². The molecule has 7 heteroatoms. The van der Waals surface area contributed by atoms with Crippen LogP contribution >= 0.6 is 0 Å². The fourth-order valence-corrected chi connectivity index (χ4v) is 3.55. The molecule has 0 aliphatic rings. The molecule has 0 saturated heterocycles. The largest absolute Gasteiger partial charge is 0.493 e. The van der Waals surface area contributed by atoms with Crippen molar-refractivity contribution in [1.82, 2.24) is 19.9 Å². The molecule has 2 aromatic heterocycles. The Morgan fingerprint density at radius 1 is 0.969 bits per heavy atom. The first-order valence-electron chi connectivity index (χ1n) is 10.7. The van der Waals surface area contributed by atoms with E-state index < -0.39 is 0 Å². The van der Waals surface area contributed by atoms with E-state index in [2.05, 4.69) is 20.9 Å². The summed E-state index contributed by atoms with van der Waals surface area (Å²) in [6.07, 6.45) is 3.40. The normalized spacial score (nSPS) is 10.8. The van der Waals surface area contributed by atoms with E-state index >= 15 is 0 Å². The maximum absolute atomic E-state index is 12.4. The van der Waals surface area contributed by atoms with Crippen molar-refractivity contribution in [2.24, 2.45) is 0 Å². The van der Waals surface area contributed by atoms with Gasteiger partial charge in [-0.1, -0.05) is 30.3 Å². The number of nitrogens with zero attached hydrogens (tertiary/aromatic N) is 3. The summed E-state index contributed by atoms with van der Waals surface area (Å²) in [4.78, 5) is 21.2. The molecule has 32 heavy (non-hydrogen) atoms. The molecule has 164 valence electrons. The molecule has 0 saturated carbocycles. The standard InChI is InChI=1S/C25H26N4O3/c1-31-22-13-4-5-14-23(22)32-17-9-8-16-29-21-12-3-2-10-19(21)28-24(29)18-27-25(30)20-11-6-7-15-26-20/h2-7,10-15H,8-9,16-18H2,1H3,(H,27,30). The third-order valence-corrected chi connectivity index (χ3v) is 5.14. The molecule has 0 fully saturated rings. The minimum absolute atomic E-state index is 0.214. The van der Waals surface area contributed by atoms with Crippen LogP contribution in [-0.2, 0) is 13.1 Å². The van der Waals surface area contributed by atoms with Gasteiger partial charge in [0.2, 0.25) is 0 Å². The Morgan fingerprint density at radius 3 is 2.56 bits per heavy atom. The summed E-state index contributed by atoms with van der Waals surface area (Å²) < 4.78 is 13.4. The van der Waals surface area contributed by atoms with Crippen molar-refractivity contribution in [2.75, 3.05) is 13.7 Å². The van der Waals surface area contributed by atoms with Gasteiger partial charge < -0.3 is 19.4 Å². The lowest BCUT2D eigenvalue weighted by Gasteiger charge is -2.12. The Bertz CT molecular complexity index is 1170. The molecule has 0 unspecified atom stereocenters. The number of rotatable bonds is 10. The van der Waals surface area contributed by atoms with Gasteiger partial charge in [0.1, 0.15) is 11.5 Å². The average Bonchev–Trinajstić information content (AvgIpc) is 3.20. The maximum Gasteiger partial charge on any atom is 0.270 e. The van der Waals surface area contributed by atoms with Crippen molar-refractivity contribution in [1.29, 1.82) is 0 Å². The van der Waals surface area contributed by atoms with E-state index in [-0.39, 0.29) is 5.91 Å². The number of imidazole rings is 1. The van der Waals surface area contributed by atoms with Crippen molar-refractivity contribution >= 4 is 16.9 Å². The number of methoxy groups -OCH3 is 1. The first-order valence-corrected chi connectivity index (χ1v) is 10.7. The second-order valence-corrected chi connectivity index (χ2v) is 7.27. The molecule has 0 aliphatic carbocycles. The lowest BCUT2D eigenvalue weighted by Crippen LogP contribution is -2.25. The molecule has 0 spiro atoms. The summed E-state index contributed by atoms with van der Waals surface area (Å²) in [5.41, 5.74) is 2.36. The van der Waals surface area contributed by atoms with Crippen molar-refractivity contribution in [2.45, 2.75) is 25.9 Å². The summed E-state index contributed by atoms with van der Waals surface area (Å²) in [6, 6.07) is 20.9. The van der Waals surface area contributed by atoms with Crippen LogP contribution in [0.15, 0.2) is 72.9 Å². The third-order valence-electron chi connectivity index (χ3n) is 5.14. The highest BCUT2D eigenvalue weighted by Gasteiger charge is 2.13. The van der Waals surface area contributed by atoms with Crippen LogP contribution < -0.4 is 14.8 Å². The summed E-state index contributed by atoms with van der Waals surface area (Å²) >= 11 is 0. The Morgan fingerprint density at radius 2 is 1.75 bits per heavy atom. The highest BCUT2D eigenvalue weighted by atomic mass is 16.5. The van der Waals surface area contributed by atoms with E-state index in [0.29, 0.717) is 18.8 Å². The van der Waals surface area contributed by atoms with E-state index in [1.165, 1.54) is 0 Å².